The lowest BCUT2D eigenvalue weighted by atomic mass is 10.1. The molecular weight excluding hydrogens is 222 g/mol. The standard InChI is InChI=1S/C11H21N3OS/c1-4-9(5-2)14(6-7-15)11-8(3)10(12)13-16-11/h9,15H,4-7H2,1-3H3,(H2,12,13). The molecule has 3 N–H and O–H groups in total. The van der Waals surface area contributed by atoms with Gasteiger partial charge in [0, 0.05) is 18.2 Å². The summed E-state index contributed by atoms with van der Waals surface area (Å²) < 4.78 is 4.17. The fourth-order valence-electron chi connectivity index (χ4n) is 1.89. The monoisotopic (exact) mass is 243 g/mol. The van der Waals surface area contributed by atoms with Crippen molar-refractivity contribution in [1.29, 1.82) is 0 Å². The van der Waals surface area contributed by atoms with Crippen LogP contribution in [-0.2, 0) is 0 Å². The Balaban J connectivity index is 2.96. The highest BCUT2D eigenvalue weighted by molar-refractivity contribution is 7.10. The first-order valence-electron chi connectivity index (χ1n) is 5.74. The van der Waals surface area contributed by atoms with Crippen molar-refractivity contribution in [2.45, 2.75) is 39.7 Å². The van der Waals surface area contributed by atoms with E-state index in [0.29, 0.717) is 18.4 Å². The van der Waals surface area contributed by atoms with E-state index in [2.05, 4.69) is 23.1 Å². The van der Waals surface area contributed by atoms with Crippen molar-refractivity contribution in [2.24, 2.45) is 0 Å². The molecule has 0 saturated heterocycles. The summed E-state index contributed by atoms with van der Waals surface area (Å²) in [4.78, 5) is 2.23. The van der Waals surface area contributed by atoms with Gasteiger partial charge in [-0.15, -0.1) is 0 Å². The van der Waals surface area contributed by atoms with Crippen LogP contribution in [-0.4, -0.2) is 28.7 Å². The minimum atomic E-state index is 0.160. The van der Waals surface area contributed by atoms with Gasteiger partial charge in [0.05, 0.1) is 6.61 Å². The summed E-state index contributed by atoms with van der Waals surface area (Å²) in [6, 6.07) is 0.450. The molecule has 0 bridgehead atoms. The molecule has 0 aliphatic heterocycles. The lowest BCUT2D eigenvalue weighted by Gasteiger charge is -2.31. The Bertz CT molecular complexity index is 323. The Morgan fingerprint density at radius 3 is 2.44 bits per heavy atom. The molecule has 1 rings (SSSR count). The zero-order chi connectivity index (χ0) is 12.1. The number of aromatic nitrogens is 1. The molecule has 1 heterocycles. The van der Waals surface area contributed by atoms with Crippen LogP contribution >= 0.6 is 11.5 Å². The van der Waals surface area contributed by atoms with Gasteiger partial charge in [-0.1, -0.05) is 13.8 Å². The maximum Gasteiger partial charge on any atom is 0.142 e. The highest BCUT2D eigenvalue weighted by Crippen LogP contribution is 2.31. The molecule has 1 aromatic rings. The van der Waals surface area contributed by atoms with Crippen molar-refractivity contribution in [3.05, 3.63) is 5.56 Å². The van der Waals surface area contributed by atoms with E-state index in [1.54, 1.807) is 0 Å². The largest absolute Gasteiger partial charge is 0.395 e. The average Bonchev–Trinajstić information content (AvgIpc) is 2.60. The second kappa shape index (κ2) is 6.06. The van der Waals surface area contributed by atoms with Crippen molar-refractivity contribution in [3.8, 4) is 0 Å². The van der Waals surface area contributed by atoms with Gasteiger partial charge in [-0.3, -0.25) is 0 Å². The van der Waals surface area contributed by atoms with Crippen LogP contribution in [0.15, 0.2) is 0 Å². The van der Waals surface area contributed by atoms with Crippen molar-refractivity contribution >= 4 is 22.4 Å². The molecule has 0 atom stereocenters. The van der Waals surface area contributed by atoms with Gasteiger partial charge < -0.3 is 15.7 Å². The van der Waals surface area contributed by atoms with Gasteiger partial charge in [0.2, 0.25) is 0 Å². The number of aliphatic hydroxyl groups is 1. The molecule has 0 aliphatic rings. The molecule has 92 valence electrons. The topological polar surface area (TPSA) is 62.4 Å². The number of hydrogen-bond acceptors (Lipinski definition) is 5. The van der Waals surface area contributed by atoms with Gasteiger partial charge in [0.1, 0.15) is 10.8 Å². The minimum Gasteiger partial charge on any atom is -0.395 e. The number of nitrogens with two attached hydrogens (primary N) is 1. The number of nitrogen functional groups attached to an aromatic ring is 1. The Kier molecular flexibility index (Phi) is 5.02. The highest BCUT2D eigenvalue weighted by atomic mass is 32.1. The maximum atomic E-state index is 9.15. The molecule has 0 saturated carbocycles. The summed E-state index contributed by atoms with van der Waals surface area (Å²) >= 11 is 1.42. The van der Waals surface area contributed by atoms with Crippen LogP contribution in [0.25, 0.3) is 0 Å². The van der Waals surface area contributed by atoms with Crippen molar-refractivity contribution in [1.82, 2.24) is 4.37 Å². The van der Waals surface area contributed by atoms with Crippen molar-refractivity contribution in [2.75, 3.05) is 23.8 Å². The molecule has 0 unspecified atom stereocenters. The second-order valence-corrected chi connectivity index (χ2v) is 4.64. The van der Waals surface area contributed by atoms with E-state index in [1.807, 2.05) is 6.92 Å². The lowest BCUT2D eigenvalue weighted by molar-refractivity contribution is 0.296. The van der Waals surface area contributed by atoms with Crippen LogP contribution in [0.4, 0.5) is 10.8 Å². The third-order valence-corrected chi connectivity index (χ3v) is 3.92. The van der Waals surface area contributed by atoms with E-state index in [0.717, 1.165) is 23.4 Å². The zero-order valence-electron chi connectivity index (χ0n) is 10.2. The van der Waals surface area contributed by atoms with Crippen LogP contribution in [0.3, 0.4) is 0 Å². The quantitative estimate of drug-likeness (QED) is 0.802. The Morgan fingerprint density at radius 2 is 2.06 bits per heavy atom. The highest BCUT2D eigenvalue weighted by Gasteiger charge is 2.20. The summed E-state index contributed by atoms with van der Waals surface area (Å²) in [5, 5.41) is 10.2. The van der Waals surface area contributed by atoms with Crippen molar-refractivity contribution < 1.29 is 5.11 Å². The number of anilines is 2. The molecule has 0 amide bonds. The van der Waals surface area contributed by atoms with Crippen LogP contribution in [0.1, 0.15) is 32.3 Å². The first-order chi connectivity index (χ1) is 7.65. The summed E-state index contributed by atoms with van der Waals surface area (Å²) in [5.74, 6) is 0.605. The predicted octanol–water partition coefficient (Wildman–Crippen LogP) is 2.02. The molecule has 0 radical (unpaired) electrons. The Labute approximate surface area is 101 Å². The van der Waals surface area contributed by atoms with E-state index in [-0.39, 0.29) is 6.61 Å². The first-order valence-corrected chi connectivity index (χ1v) is 6.52. The van der Waals surface area contributed by atoms with Gasteiger partial charge in [-0.25, -0.2) is 0 Å². The summed E-state index contributed by atoms with van der Waals surface area (Å²) in [6.45, 7) is 7.13. The van der Waals surface area contributed by atoms with Gasteiger partial charge >= 0.3 is 0 Å². The average molecular weight is 243 g/mol. The molecule has 4 nitrogen and oxygen atoms in total. The van der Waals surface area contributed by atoms with Gasteiger partial charge in [-0.05, 0) is 31.3 Å². The predicted molar refractivity (Wildman–Crippen MR) is 70.1 cm³/mol. The van der Waals surface area contributed by atoms with E-state index < -0.39 is 0 Å². The van der Waals surface area contributed by atoms with Gasteiger partial charge in [0.25, 0.3) is 0 Å². The van der Waals surface area contributed by atoms with Crippen LogP contribution in [0.2, 0.25) is 0 Å². The fraction of sp³-hybridized carbons (Fsp3) is 0.727. The smallest absolute Gasteiger partial charge is 0.142 e. The van der Waals surface area contributed by atoms with E-state index in [9.17, 15) is 0 Å². The fourth-order valence-corrected chi connectivity index (χ4v) is 2.80. The number of hydrogen-bond donors (Lipinski definition) is 2. The van der Waals surface area contributed by atoms with Crippen LogP contribution in [0, 0.1) is 6.92 Å². The molecule has 16 heavy (non-hydrogen) atoms. The molecule has 0 aromatic carbocycles. The van der Waals surface area contributed by atoms with Crippen molar-refractivity contribution in [3.63, 3.8) is 0 Å². The van der Waals surface area contributed by atoms with E-state index >= 15 is 0 Å². The summed E-state index contributed by atoms with van der Waals surface area (Å²) in [5.41, 5.74) is 6.80. The molecule has 0 aliphatic carbocycles. The third-order valence-electron chi connectivity index (χ3n) is 2.92. The Morgan fingerprint density at radius 1 is 1.44 bits per heavy atom. The first kappa shape index (κ1) is 13.3. The summed E-state index contributed by atoms with van der Waals surface area (Å²) in [7, 11) is 0. The molecule has 5 heteroatoms. The Hall–Kier alpha value is -0.810. The maximum absolute atomic E-state index is 9.15. The summed E-state index contributed by atoms with van der Waals surface area (Å²) in [6.07, 6.45) is 2.13. The number of aliphatic hydroxyl groups excluding tert-OH is 1. The molecule has 1 aromatic heterocycles. The lowest BCUT2D eigenvalue weighted by Crippen LogP contribution is -2.36. The number of nitrogens with zero attached hydrogens (tertiary/aromatic N) is 2. The SMILES string of the molecule is CCC(CC)N(CCO)c1snc(N)c1C. The number of rotatable bonds is 6. The van der Waals surface area contributed by atoms with Gasteiger partial charge in [0.15, 0.2) is 0 Å². The van der Waals surface area contributed by atoms with Crippen LogP contribution < -0.4 is 10.6 Å². The van der Waals surface area contributed by atoms with Gasteiger partial charge in [-0.2, -0.15) is 4.37 Å². The minimum absolute atomic E-state index is 0.160. The molecular formula is C11H21N3OS. The van der Waals surface area contributed by atoms with E-state index in [1.165, 1.54) is 11.5 Å². The normalized spacial score (nSPS) is 11.1. The van der Waals surface area contributed by atoms with E-state index in [4.69, 9.17) is 10.8 Å². The third kappa shape index (κ3) is 2.65. The second-order valence-electron chi connectivity index (χ2n) is 3.89. The zero-order valence-corrected chi connectivity index (χ0v) is 11.0. The molecule has 0 fully saturated rings. The van der Waals surface area contributed by atoms with Crippen LogP contribution in [0.5, 0.6) is 0 Å². The molecule has 0 spiro atoms.